The molecule has 0 aliphatic carbocycles. The van der Waals surface area contributed by atoms with Gasteiger partial charge in [0, 0.05) is 12.1 Å². The Morgan fingerprint density at radius 2 is 1.65 bits per heavy atom. The first-order chi connectivity index (χ1) is 10.7. The molecule has 0 heterocycles. The highest BCUT2D eigenvalue weighted by Crippen LogP contribution is 2.12. The molecule has 0 aromatic heterocycles. The van der Waals surface area contributed by atoms with Gasteiger partial charge >= 0.3 is 0 Å². The molecule has 5 nitrogen and oxygen atoms in total. The number of amides is 2. The number of hydrogen-bond acceptors (Lipinski definition) is 2. The van der Waals surface area contributed by atoms with Crippen LogP contribution < -0.4 is 15.5 Å². The van der Waals surface area contributed by atoms with Gasteiger partial charge in [-0.05, 0) is 32.3 Å². The van der Waals surface area contributed by atoms with E-state index in [2.05, 4.69) is 29.7 Å². The van der Waals surface area contributed by atoms with Crippen molar-refractivity contribution < 1.29 is 14.5 Å². The van der Waals surface area contributed by atoms with Crippen molar-refractivity contribution in [3.05, 3.63) is 35.9 Å². The molecule has 0 spiro atoms. The quantitative estimate of drug-likeness (QED) is 0.678. The number of quaternary nitrogens is 1. The van der Waals surface area contributed by atoms with Gasteiger partial charge < -0.3 is 15.5 Å². The molecule has 0 radical (unpaired) electrons. The summed E-state index contributed by atoms with van der Waals surface area (Å²) in [5, 5.41) is 5.85. The van der Waals surface area contributed by atoms with Gasteiger partial charge in [0.25, 0.3) is 11.8 Å². The Balaban J connectivity index is 2.32. The van der Waals surface area contributed by atoms with Crippen LogP contribution in [-0.2, 0) is 9.59 Å². The second-order valence-corrected chi connectivity index (χ2v) is 7.22. The van der Waals surface area contributed by atoms with E-state index in [0.29, 0.717) is 19.6 Å². The molecule has 0 saturated heterocycles. The van der Waals surface area contributed by atoms with Crippen molar-refractivity contribution in [3.8, 4) is 0 Å². The van der Waals surface area contributed by atoms with Crippen LogP contribution in [0.3, 0.4) is 0 Å². The Morgan fingerprint density at radius 3 is 2.22 bits per heavy atom. The second-order valence-electron chi connectivity index (χ2n) is 7.22. The highest BCUT2D eigenvalue weighted by molar-refractivity contribution is 5.79. The monoisotopic (exact) mass is 320 g/mol. The fourth-order valence-electron chi connectivity index (χ4n) is 2.30. The number of hydrogen-bond donors (Lipinski definition) is 3. The highest BCUT2D eigenvalue weighted by atomic mass is 16.2. The number of carbonyl (C=O) groups excluding carboxylic acids is 2. The second kappa shape index (κ2) is 8.67. The summed E-state index contributed by atoms with van der Waals surface area (Å²) in [6.45, 7) is 9.10. The summed E-state index contributed by atoms with van der Waals surface area (Å²) >= 11 is 0. The number of carbonyl (C=O) groups is 2. The average Bonchev–Trinajstić information content (AvgIpc) is 2.43. The normalized spacial score (nSPS) is 14.0. The topological polar surface area (TPSA) is 62.6 Å². The zero-order valence-corrected chi connectivity index (χ0v) is 14.9. The molecule has 5 heteroatoms. The van der Waals surface area contributed by atoms with Crippen molar-refractivity contribution in [1.82, 2.24) is 10.6 Å². The number of nitrogens with one attached hydrogen (secondary N) is 3. The molecule has 0 fully saturated rings. The van der Waals surface area contributed by atoms with E-state index in [1.807, 2.05) is 46.0 Å². The van der Waals surface area contributed by atoms with E-state index >= 15 is 0 Å². The molecular weight excluding hydrogens is 290 g/mol. The van der Waals surface area contributed by atoms with Crippen LogP contribution in [0.4, 0.5) is 0 Å². The Morgan fingerprint density at radius 1 is 1.09 bits per heavy atom. The zero-order valence-electron chi connectivity index (χ0n) is 14.9. The molecule has 23 heavy (non-hydrogen) atoms. The SMILES string of the molecule is C[C@@H](CNC(=O)C[NH+](C)CC(=O)NC(C)(C)C)c1ccccc1. The van der Waals surface area contributed by atoms with E-state index in [-0.39, 0.29) is 23.3 Å². The van der Waals surface area contributed by atoms with E-state index in [4.69, 9.17) is 0 Å². The van der Waals surface area contributed by atoms with Crippen molar-refractivity contribution in [2.75, 3.05) is 26.7 Å². The maximum Gasteiger partial charge on any atom is 0.275 e. The van der Waals surface area contributed by atoms with Crippen molar-refractivity contribution in [1.29, 1.82) is 0 Å². The summed E-state index contributed by atoms with van der Waals surface area (Å²) in [6.07, 6.45) is 0. The van der Waals surface area contributed by atoms with E-state index in [1.54, 1.807) is 0 Å². The van der Waals surface area contributed by atoms with Crippen LogP contribution in [0, 0.1) is 0 Å². The Hall–Kier alpha value is -1.88. The Labute approximate surface area is 139 Å². The molecule has 1 unspecified atom stereocenters. The van der Waals surface area contributed by atoms with Crippen molar-refractivity contribution in [2.45, 2.75) is 39.2 Å². The molecule has 0 aliphatic rings. The summed E-state index contributed by atoms with van der Waals surface area (Å²) < 4.78 is 0. The summed E-state index contributed by atoms with van der Waals surface area (Å²) in [6, 6.07) is 10.1. The molecule has 2 atom stereocenters. The van der Waals surface area contributed by atoms with Crippen LogP contribution in [0.2, 0.25) is 0 Å². The number of likely N-dealkylation sites (N-methyl/N-ethyl adjacent to an activating group) is 1. The first-order valence-electron chi connectivity index (χ1n) is 8.11. The predicted molar refractivity (Wildman–Crippen MR) is 92.4 cm³/mol. The van der Waals surface area contributed by atoms with Crippen molar-refractivity contribution in [3.63, 3.8) is 0 Å². The minimum Gasteiger partial charge on any atom is -0.351 e. The van der Waals surface area contributed by atoms with E-state index in [1.165, 1.54) is 5.56 Å². The highest BCUT2D eigenvalue weighted by Gasteiger charge is 2.19. The predicted octanol–water partition coefficient (Wildman–Crippen LogP) is 0.336. The molecule has 0 aliphatic heterocycles. The lowest BCUT2D eigenvalue weighted by Crippen LogP contribution is -3.11. The van der Waals surface area contributed by atoms with E-state index in [9.17, 15) is 9.59 Å². The van der Waals surface area contributed by atoms with Gasteiger partial charge in [-0.25, -0.2) is 0 Å². The molecular formula is C18H30N3O2+. The van der Waals surface area contributed by atoms with Gasteiger partial charge in [0.1, 0.15) is 0 Å². The summed E-state index contributed by atoms with van der Waals surface area (Å²) in [5.74, 6) is 0.193. The first kappa shape index (κ1) is 19.2. The number of benzene rings is 1. The lowest BCUT2D eigenvalue weighted by atomic mass is 10.0. The van der Waals surface area contributed by atoms with Crippen LogP contribution in [0.15, 0.2) is 30.3 Å². The first-order valence-corrected chi connectivity index (χ1v) is 8.11. The third-order valence-electron chi connectivity index (χ3n) is 3.41. The lowest BCUT2D eigenvalue weighted by Gasteiger charge is -2.22. The minimum absolute atomic E-state index is 0.0335. The van der Waals surface area contributed by atoms with Gasteiger partial charge in [-0.3, -0.25) is 9.59 Å². The molecule has 3 N–H and O–H groups in total. The number of rotatable bonds is 7. The molecule has 1 aromatic rings. The third kappa shape index (κ3) is 8.35. The van der Waals surface area contributed by atoms with E-state index in [0.717, 1.165) is 4.90 Å². The largest absolute Gasteiger partial charge is 0.351 e. The average molecular weight is 320 g/mol. The summed E-state index contributed by atoms with van der Waals surface area (Å²) in [5.41, 5.74) is 0.961. The standard InChI is InChI=1S/C18H29N3O2/c1-14(15-9-7-6-8-10-15)11-19-16(22)12-21(5)13-17(23)20-18(2,3)4/h6-10,14H,11-13H2,1-5H3,(H,19,22)(H,20,23)/p+1/t14-/m0/s1. The molecule has 128 valence electrons. The van der Waals surface area contributed by atoms with Crippen LogP contribution in [0.1, 0.15) is 39.2 Å². The third-order valence-corrected chi connectivity index (χ3v) is 3.41. The Kier molecular flexibility index (Phi) is 7.23. The molecule has 1 rings (SSSR count). The molecule has 1 aromatic carbocycles. The van der Waals surface area contributed by atoms with Gasteiger partial charge in [-0.2, -0.15) is 0 Å². The van der Waals surface area contributed by atoms with Crippen LogP contribution in [0.25, 0.3) is 0 Å². The maximum atomic E-state index is 12.0. The van der Waals surface area contributed by atoms with Crippen LogP contribution in [0.5, 0.6) is 0 Å². The minimum atomic E-state index is -0.245. The van der Waals surface area contributed by atoms with Gasteiger partial charge in [0.15, 0.2) is 13.1 Å². The van der Waals surface area contributed by atoms with Crippen LogP contribution in [-0.4, -0.2) is 44.0 Å². The smallest absolute Gasteiger partial charge is 0.275 e. The van der Waals surface area contributed by atoms with Crippen molar-refractivity contribution >= 4 is 11.8 Å². The van der Waals surface area contributed by atoms with Crippen LogP contribution >= 0.6 is 0 Å². The molecule has 2 amide bonds. The van der Waals surface area contributed by atoms with E-state index < -0.39 is 0 Å². The lowest BCUT2D eigenvalue weighted by molar-refractivity contribution is -0.862. The fraction of sp³-hybridized carbons (Fsp3) is 0.556. The van der Waals surface area contributed by atoms with Gasteiger partial charge in [0.2, 0.25) is 0 Å². The molecule has 0 saturated carbocycles. The molecule has 0 bridgehead atoms. The Bertz CT molecular complexity index is 509. The summed E-state index contributed by atoms with van der Waals surface area (Å²) in [4.78, 5) is 24.7. The maximum absolute atomic E-state index is 12.0. The summed E-state index contributed by atoms with van der Waals surface area (Å²) in [7, 11) is 1.85. The zero-order chi connectivity index (χ0) is 17.5. The van der Waals surface area contributed by atoms with Gasteiger partial charge in [0.05, 0.1) is 7.05 Å². The van der Waals surface area contributed by atoms with Gasteiger partial charge in [-0.1, -0.05) is 37.3 Å². The van der Waals surface area contributed by atoms with Crippen molar-refractivity contribution in [2.24, 2.45) is 0 Å². The van der Waals surface area contributed by atoms with Gasteiger partial charge in [-0.15, -0.1) is 0 Å². The fourth-order valence-corrected chi connectivity index (χ4v) is 2.30.